The standard InChI is InChI=1S/C10H10N2O2S/c1-7-10(15-12-11-7)8(2)14-6-9-4-3-5-13-9/h3-5H,2,6H2,1H3. The van der Waals surface area contributed by atoms with E-state index in [1.54, 1.807) is 6.26 Å². The number of ether oxygens (including phenoxy) is 1. The lowest BCUT2D eigenvalue weighted by atomic mass is 10.3. The minimum Gasteiger partial charge on any atom is -0.485 e. The summed E-state index contributed by atoms with van der Waals surface area (Å²) in [6.07, 6.45) is 1.61. The summed E-state index contributed by atoms with van der Waals surface area (Å²) in [6.45, 7) is 6.08. The number of furan rings is 1. The topological polar surface area (TPSA) is 48.2 Å². The summed E-state index contributed by atoms with van der Waals surface area (Å²) in [4.78, 5) is 0.876. The van der Waals surface area contributed by atoms with Gasteiger partial charge in [0.05, 0.1) is 12.0 Å². The molecule has 0 saturated carbocycles. The van der Waals surface area contributed by atoms with Crippen LogP contribution < -0.4 is 0 Å². The molecule has 0 unspecified atom stereocenters. The Kier molecular flexibility index (Phi) is 2.82. The van der Waals surface area contributed by atoms with Gasteiger partial charge in [-0.3, -0.25) is 0 Å². The Bertz CT molecular complexity index is 448. The summed E-state index contributed by atoms with van der Waals surface area (Å²) in [5.41, 5.74) is 0.837. The van der Waals surface area contributed by atoms with Gasteiger partial charge in [0.1, 0.15) is 23.0 Å². The Morgan fingerprint density at radius 3 is 3.13 bits per heavy atom. The Balaban J connectivity index is 1.96. The second-order valence-corrected chi connectivity index (χ2v) is 3.73. The molecule has 0 fully saturated rings. The molecule has 2 aromatic heterocycles. The van der Waals surface area contributed by atoms with Gasteiger partial charge in [-0.1, -0.05) is 11.1 Å². The third-order valence-electron chi connectivity index (χ3n) is 1.87. The van der Waals surface area contributed by atoms with Crippen LogP contribution in [0.2, 0.25) is 0 Å². The third-order valence-corrected chi connectivity index (χ3v) is 2.74. The van der Waals surface area contributed by atoms with Crippen molar-refractivity contribution in [3.63, 3.8) is 0 Å². The Morgan fingerprint density at radius 1 is 1.67 bits per heavy atom. The molecule has 15 heavy (non-hydrogen) atoms. The van der Waals surface area contributed by atoms with Crippen LogP contribution >= 0.6 is 11.5 Å². The van der Waals surface area contributed by atoms with E-state index < -0.39 is 0 Å². The summed E-state index contributed by atoms with van der Waals surface area (Å²) in [6, 6.07) is 3.67. The minimum atomic E-state index is 0.378. The van der Waals surface area contributed by atoms with Crippen molar-refractivity contribution in [2.24, 2.45) is 0 Å². The maximum atomic E-state index is 5.45. The molecule has 0 spiro atoms. The normalized spacial score (nSPS) is 10.2. The first-order valence-corrected chi connectivity index (χ1v) is 5.18. The summed E-state index contributed by atoms with van der Waals surface area (Å²) in [5.74, 6) is 1.35. The predicted molar refractivity (Wildman–Crippen MR) is 57.2 cm³/mol. The molecule has 0 bridgehead atoms. The van der Waals surface area contributed by atoms with Gasteiger partial charge in [-0.05, 0) is 30.6 Å². The largest absolute Gasteiger partial charge is 0.485 e. The Labute approximate surface area is 91.4 Å². The van der Waals surface area contributed by atoms with Crippen molar-refractivity contribution in [3.05, 3.63) is 41.3 Å². The number of aromatic nitrogens is 2. The zero-order valence-electron chi connectivity index (χ0n) is 8.27. The summed E-state index contributed by atoms with van der Waals surface area (Å²) >= 11 is 1.28. The molecule has 4 nitrogen and oxygen atoms in total. The molecule has 0 radical (unpaired) electrons. The molecule has 78 valence electrons. The fourth-order valence-corrected chi connectivity index (χ4v) is 1.68. The average Bonchev–Trinajstić information content (AvgIpc) is 2.84. The van der Waals surface area contributed by atoms with Crippen LogP contribution in [0.4, 0.5) is 0 Å². The van der Waals surface area contributed by atoms with Gasteiger partial charge < -0.3 is 9.15 Å². The van der Waals surface area contributed by atoms with Crippen molar-refractivity contribution in [2.45, 2.75) is 13.5 Å². The first kappa shape index (κ1) is 9.92. The lowest BCUT2D eigenvalue weighted by Gasteiger charge is -2.04. The molecule has 0 amide bonds. The van der Waals surface area contributed by atoms with Crippen molar-refractivity contribution in [1.82, 2.24) is 9.59 Å². The molecule has 0 atom stereocenters. The first-order valence-electron chi connectivity index (χ1n) is 4.41. The smallest absolute Gasteiger partial charge is 0.146 e. The highest BCUT2D eigenvalue weighted by Gasteiger charge is 2.08. The third kappa shape index (κ3) is 2.24. The van der Waals surface area contributed by atoms with Crippen LogP contribution in [0.1, 0.15) is 16.3 Å². The minimum absolute atomic E-state index is 0.378. The van der Waals surface area contributed by atoms with E-state index in [-0.39, 0.29) is 0 Å². The van der Waals surface area contributed by atoms with Crippen molar-refractivity contribution in [1.29, 1.82) is 0 Å². The molecular formula is C10H10N2O2S. The summed E-state index contributed by atoms with van der Waals surface area (Å²) in [7, 11) is 0. The first-order chi connectivity index (χ1) is 7.27. The van der Waals surface area contributed by atoms with Crippen LogP contribution in [0.15, 0.2) is 29.4 Å². The van der Waals surface area contributed by atoms with Gasteiger partial charge in [0.15, 0.2) is 0 Å². The second kappa shape index (κ2) is 4.27. The van der Waals surface area contributed by atoms with E-state index >= 15 is 0 Å². The van der Waals surface area contributed by atoms with Gasteiger partial charge in [0, 0.05) is 0 Å². The quantitative estimate of drug-likeness (QED) is 0.746. The highest BCUT2D eigenvalue weighted by Crippen LogP contribution is 2.21. The molecule has 0 aliphatic carbocycles. The lowest BCUT2D eigenvalue weighted by Crippen LogP contribution is -1.91. The van der Waals surface area contributed by atoms with Crippen molar-refractivity contribution < 1.29 is 9.15 Å². The maximum Gasteiger partial charge on any atom is 0.146 e. The van der Waals surface area contributed by atoms with Crippen LogP contribution in [0.25, 0.3) is 5.76 Å². The molecule has 5 heteroatoms. The highest BCUT2D eigenvalue weighted by molar-refractivity contribution is 7.06. The van der Waals surface area contributed by atoms with Crippen LogP contribution in [0.3, 0.4) is 0 Å². The van der Waals surface area contributed by atoms with Gasteiger partial charge in [0.25, 0.3) is 0 Å². The van der Waals surface area contributed by atoms with Crippen molar-refractivity contribution in [2.75, 3.05) is 0 Å². The second-order valence-electron chi connectivity index (χ2n) is 2.98. The number of rotatable bonds is 4. The zero-order chi connectivity index (χ0) is 10.7. The fourth-order valence-electron chi connectivity index (χ4n) is 1.11. The van der Waals surface area contributed by atoms with Crippen LogP contribution in [0.5, 0.6) is 0 Å². The molecule has 2 rings (SSSR count). The van der Waals surface area contributed by atoms with Gasteiger partial charge >= 0.3 is 0 Å². The Morgan fingerprint density at radius 2 is 2.53 bits per heavy atom. The van der Waals surface area contributed by atoms with Crippen LogP contribution in [-0.2, 0) is 11.3 Å². The van der Waals surface area contributed by atoms with Crippen LogP contribution in [-0.4, -0.2) is 9.59 Å². The fraction of sp³-hybridized carbons (Fsp3) is 0.200. The molecule has 2 heterocycles. The van der Waals surface area contributed by atoms with Gasteiger partial charge in [0.2, 0.25) is 0 Å². The zero-order valence-corrected chi connectivity index (χ0v) is 9.08. The molecule has 0 N–H and O–H groups in total. The van der Waals surface area contributed by atoms with E-state index in [2.05, 4.69) is 16.2 Å². The number of hydrogen-bond acceptors (Lipinski definition) is 5. The van der Waals surface area contributed by atoms with Gasteiger partial charge in [-0.2, -0.15) is 0 Å². The molecule has 0 aliphatic heterocycles. The molecular weight excluding hydrogens is 212 g/mol. The van der Waals surface area contributed by atoms with Crippen molar-refractivity contribution >= 4 is 17.3 Å². The summed E-state index contributed by atoms with van der Waals surface area (Å²) < 4.78 is 14.4. The van der Waals surface area contributed by atoms with E-state index in [0.29, 0.717) is 12.4 Å². The maximum absolute atomic E-state index is 5.45. The van der Waals surface area contributed by atoms with Crippen LogP contribution in [0, 0.1) is 6.92 Å². The Hall–Kier alpha value is -1.62. The highest BCUT2D eigenvalue weighted by atomic mass is 32.1. The SMILES string of the molecule is C=C(OCc1ccco1)c1snnc1C. The van der Waals surface area contributed by atoms with E-state index in [1.807, 2.05) is 19.1 Å². The molecule has 0 aliphatic rings. The van der Waals surface area contributed by atoms with Crippen molar-refractivity contribution in [3.8, 4) is 0 Å². The van der Waals surface area contributed by atoms with Gasteiger partial charge in [-0.15, -0.1) is 5.10 Å². The lowest BCUT2D eigenvalue weighted by molar-refractivity contribution is 0.235. The average molecular weight is 222 g/mol. The van der Waals surface area contributed by atoms with E-state index in [1.165, 1.54) is 11.5 Å². The number of nitrogens with zero attached hydrogens (tertiary/aromatic N) is 2. The number of hydrogen-bond donors (Lipinski definition) is 0. The predicted octanol–water partition coefficient (Wildman–Crippen LogP) is 2.63. The molecule has 0 saturated heterocycles. The van der Waals surface area contributed by atoms with E-state index in [9.17, 15) is 0 Å². The summed E-state index contributed by atoms with van der Waals surface area (Å²) in [5, 5.41) is 3.89. The van der Waals surface area contributed by atoms with Gasteiger partial charge in [-0.25, -0.2) is 0 Å². The van der Waals surface area contributed by atoms with E-state index in [4.69, 9.17) is 9.15 Å². The molecule has 0 aromatic carbocycles. The molecule has 2 aromatic rings. The van der Waals surface area contributed by atoms with E-state index in [0.717, 1.165) is 16.3 Å². The number of aryl methyl sites for hydroxylation is 1. The monoisotopic (exact) mass is 222 g/mol.